The first-order valence-corrected chi connectivity index (χ1v) is 10.4. The number of ether oxygens (including phenoxy) is 1. The number of amides is 2. The summed E-state index contributed by atoms with van der Waals surface area (Å²) in [4.78, 5) is 27.5. The Balaban J connectivity index is 1.36. The zero-order valence-corrected chi connectivity index (χ0v) is 17.1. The largest absolute Gasteiger partial charge is 0.442 e. The maximum Gasteiger partial charge on any atom is 0.415 e. The lowest BCUT2D eigenvalue weighted by Crippen LogP contribution is -2.42. The third-order valence-corrected chi connectivity index (χ3v) is 6.23. The monoisotopic (exact) mass is 443 g/mol. The maximum absolute atomic E-state index is 15.1. The lowest BCUT2D eigenvalue weighted by atomic mass is 9.95. The van der Waals surface area contributed by atoms with Crippen LogP contribution < -0.4 is 4.90 Å². The molecule has 3 aliphatic heterocycles. The van der Waals surface area contributed by atoms with Crippen LogP contribution in [0.1, 0.15) is 17.5 Å². The summed E-state index contributed by atoms with van der Waals surface area (Å²) in [6, 6.07) is 2.90. The van der Waals surface area contributed by atoms with Gasteiger partial charge in [0, 0.05) is 24.8 Å². The van der Waals surface area contributed by atoms with Gasteiger partial charge in [0.25, 0.3) is 5.91 Å². The highest BCUT2D eigenvalue weighted by molar-refractivity contribution is 5.94. The van der Waals surface area contributed by atoms with Gasteiger partial charge in [-0.1, -0.05) is 11.3 Å². The maximum atomic E-state index is 15.1. The molecule has 168 valence electrons. The van der Waals surface area contributed by atoms with E-state index in [-0.39, 0.29) is 12.6 Å². The molecule has 2 unspecified atom stereocenters. The topological polar surface area (TPSA) is 121 Å². The van der Waals surface area contributed by atoms with Crippen molar-refractivity contribution < 1.29 is 28.9 Å². The smallest absolute Gasteiger partial charge is 0.415 e. The van der Waals surface area contributed by atoms with Gasteiger partial charge in [-0.25, -0.2) is 13.9 Å². The minimum atomic E-state index is -1.44. The Kier molecular flexibility index (Phi) is 5.14. The summed E-state index contributed by atoms with van der Waals surface area (Å²) < 4.78 is 22.2. The molecule has 32 heavy (non-hydrogen) atoms. The van der Waals surface area contributed by atoms with Crippen LogP contribution in [-0.4, -0.2) is 80.1 Å². The lowest BCUT2D eigenvalue weighted by Gasteiger charge is -2.28. The molecular formula is C21H22FN5O5. The van der Waals surface area contributed by atoms with E-state index in [9.17, 15) is 14.7 Å². The van der Waals surface area contributed by atoms with Crippen molar-refractivity contribution in [3.05, 3.63) is 47.5 Å². The minimum Gasteiger partial charge on any atom is -0.442 e. The number of halogens is 1. The molecule has 1 saturated heterocycles. The predicted octanol–water partition coefficient (Wildman–Crippen LogP) is 0.336. The Hall–Kier alpha value is -3.31. The standard InChI is InChI=1S/C21H22FN5O5/c22-15-9-16-13(7-14(15)12-1-4-25(5-2-12)20(30)18(29)11-28)8-17-19(32-21(31)27(16)17)10-26-6-3-23-24-26/h1,3,6-7,9,17-19,28-29H,2,4-5,8,10-11H2/t17-,18?,19?/m0/s1. The molecule has 0 bridgehead atoms. The van der Waals surface area contributed by atoms with E-state index in [2.05, 4.69) is 10.3 Å². The predicted molar refractivity (Wildman–Crippen MR) is 109 cm³/mol. The fraction of sp³-hybridized carbons (Fsp3) is 0.429. The molecule has 2 amide bonds. The molecule has 0 saturated carbocycles. The molecule has 1 aromatic heterocycles. The van der Waals surface area contributed by atoms with Gasteiger partial charge < -0.3 is 19.8 Å². The number of hydrogen-bond acceptors (Lipinski definition) is 7. The summed E-state index contributed by atoms with van der Waals surface area (Å²) in [6.45, 7) is 0.274. The molecule has 10 nitrogen and oxygen atoms in total. The third kappa shape index (κ3) is 3.43. The van der Waals surface area contributed by atoms with Gasteiger partial charge in [0.2, 0.25) is 0 Å². The molecule has 0 spiro atoms. The molecule has 0 aliphatic carbocycles. The fourth-order valence-corrected chi connectivity index (χ4v) is 4.61. The zero-order valence-electron chi connectivity index (χ0n) is 17.1. The molecule has 1 aromatic carbocycles. The van der Waals surface area contributed by atoms with Crippen LogP contribution in [0.15, 0.2) is 30.6 Å². The SMILES string of the molecule is O=C(C(O)CO)N1CC=C(c2cc3c(cc2F)N2C(=O)OC(Cn4ccnn4)[C@@H]2C3)CC1. The van der Waals surface area contributed by atoms with Crippen LogP contribution in [0.2, 0.25) is 0 Å². The number of cyclic esters (lactones) is 1. The molecule has 0 radical (unpaired) electrons. The lowest BCUT2D eigenvalue weighted by molar-refractivity contribution is -0.141. The molecule has 11 heteroatoms. The quantitative estimate of drug-likeness (QED) is 0.683. The Morgan fingerprint density at radius 1 is 1.38 bits per heavy atom. The number of nitrogens with zero attached hydrogens (tertiary/aromatic N) is 5. The van der Waals surface area contributed by atoms with Crippen molar-refractivity contribution in [2.24, 2.45) is 0 Å². The highest BCUT2D eigenvalue weighted by Gasteiger charge is 2.48. The molecule has 2 aromatic rings. The summed E-state index contributed by atoms with van der Waals surface area (Å²) >= 11 is 0. The number of rotatable bonds is 5. The zero-order chi connectivity index (χ0) is 22.4. The van der Waals surface area contributed by atoms with Crippen molar-refractivity contribution in [3.63, 3.8) is 0 Å². The summed E-state index contributed by atoms with van der Waals surface area (Å²) in [5, 5.41) is 26.2. The second kappa shape index (κ2) is 7.99. The van der Waals surface area contributed by atoms with Crippen LogP contribution in [0.3, 0.4) is 0 Å². The Bertz CT molecular complexity index is 1090. The number of aliphatic hydroxyl groups is 2. The Morgan fingerprint density at radius 3 is 2.91 bits per heavy atom. The average Bonchev–Trinajstić information content (AvgIpc) is 3.51. The van der Waals surface area contributed by atoms with Crippen LogP contribution in [0.4, 0.5) is 14.9 Å². The van der Waals surface area contributed by atoms with Gasteiger partial charge in [-0.15, -0.1) is 5.10 Å². The van der Waals surface area contributed by atoms with Crippen LogP contribution in [0.25, 0.3) is 5.57 Å². The Labute approximate surface area is 182 Å². The van der Waals surface area contributed by atoms with E-state index in [0.717, 1.165) is 11.1 Å². The summed E-state index contributed by atoms with van der Waals surface area (Å²) in [5.41, 5.74) is 2.59. The normalized spacial score (nSPS) is 23.0. The van der Waals surface area contributed by atoms with Gasteiger partial charge in [0.15, 0.2) is 6.10 Å². The van der Waals surface area contributed by atoms with Crippen LogP contribution in [0, 0.1) is 5.82 Å². The van der Waals surface area contributed by atoms with Crippen molar-refractivity contribution in [2.45, 2.75) is 37.6 Å². The van der Waals surface area contributed by atoms with E-state index in [1.807, 2.05) is 0 Å². The average molecular weight is 443 g/mol. The summed E-state index contributed by atoms with van der Waals surface area (Å²) in [5.74, 6) is -0.992. The number of carbonyl (C=O) groups is 2. The van der Waals surface area contributed by atoms with Crippen molar-refractivity contribution in [3.8, 4) is 0 Å². The van der Waals surface area contributed by atoms with Crippen LogP contribution in [-0.2, 0) is 22.5 Å². The van der Waals surface area contributed by atoms with Crippen molar-refractivity contribution in [1.29, 1.82) is 0 Å². The van der Waals surface area contributed by atoms with Crippen molar-refractivity contribution >= 4 is 23.3 Å². The van der Waals surface area contributed by atoms with Crippen molar-refractivity contribution in [2.75, 3.05) is 24.6 Å². The molecular weight excluding hydrogens is 421 g/mol. The van der Waals surface area contributed by atoms with Gasteiger partial charge in [0.1, 0.15) is 11.9 Å². The van der Waals surface area contributed by atoms with Gasteiger partial charge in [-0.2, -0.15) is 0 Å². The molecule has 1 fully saturated rings. The second-order valence-corrected chi connectivity index (χ2v) is 8.11. The van der Waals surface area contributed by atoms with Crippen molar-refractivity contribution in [1.82, 2.24) is 19.9 Å². The van der Waals surface area contributed by atoms with E-state index in [1.54, 1.807) is 29.2 Å². The Morgan fingerprint density at radius 2 is 2.22 bits per heavy atom. The number of carbonyl (C=O) groups excluding carboxylic acids is 2. The third-order valence-electron chi connectivity index (χ3n) is 6.23. The summed E-state index contributed by atoms with van der Waals surface area (Å²) in [7, 11) is 0. The van der Waals surface area contributed by atoms with Crippen LogP contribution >= 0.6 is 0 Å². The second-order valence-electron chi connectivity index (χ2n) is 8.11. The number of hydrogen-bond donors (Lipinski definition) is 2. The first-order valence-electron chi connectivity index (χ1n) is 10.4. The molecule has 3 atom stereocenters. The summed E-state index contributed by atoms with van der Waals surface area (Å²) in [6.07, 6.45) is 3.59. The van der Waals surface area contributed by atoms with Gasteiger partial charge in [-0.05, 0) is 36.1 Å². The first kappa shape index (κ1) is 20.6. The number of aliphatic hydroxyl groups excluding tert-OH is 2. The minimum absolute atomic E-state index is 0.225. The van der Waals surface area contributed by atoms with E-state index in [0.29, 0.717) is 37.2 Å². The van der Waals surface area contributed by atoms with E-state index in [4.69, 9.17) is 9.84 Å². The highest BCUT2D eigenvalue weighted by Crippen LogP contribution is 2.41. The molecule has 2 N–H and O–H groups in total. The van der Waals surface area contributed by atoms with Crippen LogP contribution in [0.5, 0.6) is 0 Å². The van der Waals surface area contributed by atoms with E-state index < -0.39 is 36.6 Å². The number of fused-ring (bicyclic) bond motifs is 3. The van der Waals surface area contributed by atoms with Gasteiger partial charge in [-0.3, -0.25) is 9.69 Å². The van der Waals surface area contributed by atoms with E-state index in [1.165, 1.54) is 15.9 Å². The number of aromatic nitrogens is 3. The molecule has 5 rings (SSSR count). The number of benzene rings is 1. The highest BCUT2D eigenvalue weighted by atomic mass is 19.1. The van der Waals surface area contributed by atoms with Gasteiger partial charge >= 0.3 is 6.09 Å². The first-order chi connectivity index (χ1) is 15.5. The molecule has 3 aliphatic rings. The van der Waals surface area contributed by atoms with Gasteiger partial charge in [0.05, 0.1) is 31.1 Å². The van der Waals surface area contributed by atoms with E-state index >= 15 is 4.39 Å². The molecule has 4 heterocycles. The number of anilines is 1. The fourth-order valence-electron chi connectivity index (χ4n) is 4.61.